The molecule has 0 spiro atoms. The number of rotatable bonds is 5. The van der Waals surface area contributed by atoms with E-state index in [1.54, 1.807) is 0 Å². The average Bonchev–Trinajstić information content (AvgIpc) is 2.46. The van der Waals surface area contributed by atoms with Crippen molar-refractivity contribution in [2.45, 2.75) is 52.9 Å². The second-order valence-electron chi connectivity index (χ2n) is 4.82. The number of nitrogens with zero attached hydrogens (tertiary/aromatic N) is 1. The minimum Gasteiger partial charge on any atom is -0.377 e. The van der Waals surface area contributed by atoms with Crippen molar-refractivity contribution in [3.63, 3.8) is 0 Å². The molecule has 3 unspecified atom stereocenters. The van der Waals surface area contributed by atoms with Gasteiger partial charge in [-0.3, -0.25) is 10.1 Å². The molecule has 0 bridgehead atoms. The van der Waals surface area contributed by atoms with Gasteiger partial charge in [0.15, 0.2) is 0 Å². The third kappa shape index (κ3) is 2.95. The number of carbonyl (C=O) groups excluding carboxylic acids is 1. The smallest absolute Gasteiger partial charge is 0.241 e. The van der Waals surface area contributed by atoms with Crippen LogP contribution in [-0.2, 0) is 9.53 Å². The molecule has 0 aromatic carbocycles. The van der Waals surface area contributed by atoms with Gasteiger partial charge in [-0.05, 0) is 26.7 Å². The van der Waals surface area contributed by atoms with E-state index in [9.17, 15) is 4.79 Å². The van der Waals surface area contributed by atoms with E-state index in [0.29, 0.717) is 19.1 Å². The standard InChI is InChI=1S/C12H24N2O2/c1-6-16-9(4)7-14-10(5)13-11(8(2)3)12(14)15/h8-11,13H,6-7H2,1-5H3. The summed E-state index contributed by atoms with van der Waals surface area (Å²) >= 11 is 0. The number of carbonyl (C=O) groups is 1. The Bertz CT molecular complexity index is 243. The Balaban J connectivity index is 2.57. The van der Waals surface area contributed by atoms with Crippen molar-refractivity contribution < 1.29 is 9.53 Å². The SMILES string of the molecule is CCOC(C)CN1C(=O)C(C(C)C)NC1C. The van der Waals surface area contributed by atoms with Gasteiger partial charge in [0.1, 0.15) is 0 Å². The fraction of sp³-hybridized carbons (Fsp3) is 0.917. The minimum absolute atomic E-state index is 0.0381. The molecule has 0 saturated carbocycles. The van der Waals surface area contributed by atoms with Crippen LogP contribution < -0.4 is 5.32 Å². The van der Waals surface area contributed by atoms with Crippen LogP contribution in [0.2, 0.25) is 0 Å². The van der Waals surface area contributed by atoms with Crippen molar-refractivity contribution in [2.24, 2.45) is 5.92 Å². The monoisotopic (exact) mass is 228 g/mol. The number of ether oxygens (including phenoxy) is 1. The van der Waals surface area contributed by atoms with Crippen LogP contribution in [0.3, 0.4) is 0 Å². The first-order valence-corrected chi connectivity index (χ1v) is 6.15. The van der Waals surface area contributed by atoms with Crippen molar-refractivity contribution in [3.05, 3.63) is 0 Å². The molecule has 16 heavy (non-hydrogen) atoms. The molecule has 0 radical (unpaired) electrons. The lowest BCUT2D eigenvalue weighted by molar-refractivity contribution is -0.132. The highest BCUT2D eigenvalue weighted by Crippen LogP contribution is 2.17. The van der Waals surface area contributed by atoms with Crippen LogP contribution >= 0.6 is 0 Å². The molecule has 1 saturated heterocycles. The van der Waals surface area contributed by atoms with Gasteiger partial charge < -0.3 is 9.64 Å². The molecule has 4 nitrogen and oxygen atoms in total. The number of hydrogen-bond acceptors (Lipinski definition) is 3. The highest BCUT2D eigenvalue weighted by Gasteiger charge is 2.38. The van der Waals surface area contributed by atoms with Crippen LogP contribution in [0.5, 0.6) is 0 Å². The maximum Gasteiger partial charge on any atom is 0.241 e. The van der Waals surface area contributed by atoms with Crippen molar-refractivity contribution in [1.82, 2.24) is 10.2 Å². The van der Waals surface area contributed by atoms with Crippen molar-refractivity contribution in [2.75, 3.05) is 13.2 Å². The molecule has 3 atom stereocenters. The van der Waals surface area contributed by atoms with Crippen molar-refractivity contribution >= 4 is 5.91 Å². The molecule has 1 N–H and O–H groups in total. The molecular formula is C12H24N2O2. The van der Waals surface area contributed by atoms with Crippen LogP contribution in [0.4, 0.5) is 0 Å². The lowest BCUT2D eigenvalue weighted by Crippen LogP contribution is -2.40. The van der Waals surface area contributed by atoms with Gasteiger partial charge in [-0.15, -0.1) is 0 Å². The zero-order valence-corrected chi connectivity index (χ0v) is 11.0. The van der Waals surface area contributed by atoms with Crippen LogP contribution in [-0.4, -0.2) is 42.3 Å². The molecule has 1 rings (SSSR count). The molecule has 1 aliphatic heterocycles. The van der Waals surface area contributed by atoms with Gasteiger partial charge in [0.05, 0.1) is 18.3 Å². The number of hydrogen-bond donors (Lipinski definition) is 1. The third-order valence-electron chi connectivity index (χ3n) is 3.01. The van der Waals surface area contributed by atoms with Gasteiger partial charge in [-0.2, -0.15) is 0 Å². The number of nitrogens with one attached hydrogen (secondary N) is 1. The summed E-state index contributed by atoms with van der Waals surface area (Å²) in [6.45, 7) is 11.5. The number of amides is 1. The first-order chi connectivity index (χ1) is 7.47. The van der Waals surface area contributed by atoms with Gasteiger partial charge in [0, 0.05) is 13.2 Å². The predicted molar refractivity (Wildman–Crippen MR) is 64.0 cm³/mol. The molecule has 1 aliphatic rings. The topological polar surface area (TPSA) is 41.6 Å². The molecule has 1 fully saturated rings. The van der Waals surface area contributed by atoms with E-state index in [1.807, 2.05) is 25.7 Å². The average molecular weight is 228 g/mol. The molecule has 4 heteroatoms. The summed E-state index contributed by atoms with van der Waals surface area (Å²) in [7, 11) is 0. The fourth-order valence-electron chi connectivity index (χ4n) is 2.13. The molecular weight excluding hydrogens is 204 g/mol. The minimum atomic E-state index is -0.0381. The van der Waals surface area contributed by atoms with E-state index in [1.165, 1.54) is 0 Å². The Morgan fingerprint density at radius 3 is 2.50 bits per heavy atom. The predicted octanol–water partition coefficient (Wildman–Crippen LogP) is 1.21. The maximum atomic E-state index is 12.1. The Morgan fingerprint density at radius 1 is 1.44 bits per heavy atom. The highest BCUT2D eigenvalue weighted by atomic mass is 16.5. The quantitative estimate of drug-likeness (QED) is 0.769. The largest absolute Gasteiger partial charge is 0.377 e. The Morgan fingerprint density at radius 2 is 2.06 bits per heavy atom. The first kappa shape index (κ1) is 13.5. The van der Waals surface area contributed by atoms with Gasteiger partial charge in [-0.25, -0.2) is 0 Å². The normalized spacial score (nSPS) is 27.9. The summed E-state index contributed by atoms with van der Waals surface area (Å²) in [6.07, 6.45) is 0.215. The first-order valence-electron chi connectivity index (χ1n) is 6.15. The van der Waals surface area contributed by atoms with E-state index in [0.717, 1.165) is 0 Å². The van der Waals surface area contributed by atoms with E-state index in [4.69, 9.17) is 4.74 Å². The van der Waals surface area contributed by atoms with Gasteiger partial charge in [-0.1, -0.05) is 13.8 Å². The summed E-state index contributed by atoms with van der Waals surface area (Å²) in [5, 5.41) is 3.32. The van der Waals surface area contributed by atoms with E-state index in [2.05, 4.69) is 19.2 Å². The second kappa shape index (κ2) is 5.64. The summed E-state index contributed by atoms with van der Waals surface area (Å²) < 4.78 is 5.47. The zero-order chi connectivity index (χ0) is 12.3. The van der Waals surface area contributed by atoms with Crippen LogP contribution in [0, 0.1) is 5.92 Å². The molecule has 0 aromatic rings. The fourth-order valence-corrected chi connectivity index (χ4v) is 2.13. The van der Waals surface area contributed by atoms with E-state index >= 15 is 0 Å². The lowest BCUT2D eigenvalue weighted by Gasteiger charge is -2.24. The summed E-state index contributed by atoms with van der Waals surface area (Å²) in [5.74, 6) is 0.538. The molecule has 0 aliphatic carbocycles. The highest BCUT2D eigenvalue weighted by molar-refractivity contribution is 5.84. The summed E-state index contributed by atoms with van der Waals surface area (Å²) in [5.41, 5.74) is 0. The Labute approximate surface area is 98.3 Å². The van der Waals surface area contributed by atoms with E-state index in [-0.39, 0.29) is 24.2 Å². The van der Waals surface area contributed by atoms with Crippen LogP contribution in [0.25, 0.3) is 0 Å². The molecule has 0 aromatic heterocycles. The van der Waals surface area contributed by atoms with Crippen molar-refractivity contribution in [3.8, 4) is 0 Å². The van der Waals surface area contributed by atoms with Gasteiger partial charge in [0.2, 0.25) is 5.91 Å². The van der Waals surface area contributed by atoms with Crippen molar-refractivity contribution in [1.29, 1.82) is 0 Å². The lowest BCUT2D eigenvalue weighted by atomic mass is 10.1. The molecule has 1 heterocycles. The Kier molecular flexibility index (Phi) is 4.74. The second-order valence-corrected chi connectivity index (χ2v) is 4.82. The van der Waals surface area contributed by atoms with Gasteiger partial charge >= 0.3 is 0 Å². The van der Waals surface area contributed by atoms with E-state index < -0.39 is 0 Å². The maximum absolute atomic E-state index is 12.1. The molecule has 1 amide bonds. The molecule has 94 valence electrons. The third-order valence-corrected chi connectivity index (χ3v) is 3.01. The van der Waals surface area contributed by atoms with Crippen LogP contribution in [0.15, 0.2) is 0 Å². The summed E-state index contributed by atoms with van der Waals surface area (Å²) in [6, 6.07) is -0.0381. The zero-order valence-electron chi connectivity index (χ0n) is 11.0. The van der Waals surface area contributed by atoms with Gasteiger partial charge in [0.25, 0.3) is 0 Å². The van der Waals surface area contributed by atoms with Crippen LogP contribution in [0.1, 0.15) is 34.6 Å². The Hall–Kier alpha value is -0.610. The summed E-state index contributed by atoms with van der Waals surface area (Å²) in [4.78, 5) is 14.0.